The van der Waals surface area contributed by atoms with Gasteiger partial charge in [0, 0.05) is 38.3 Å². The van der Waals surface area contributed by atoms with Crippen molar-refractivity contribution in [2.24, 2.45) is 0 Å². The molecule has 0 unspecified atom stereocenters. The van der Waals surface area contributed by atoms with E-state index in [4.69, 9.17) is 0 Å². The zero-order valence-electron chi connectivity index (χ0n) is 10.3. The Hall–Kier alpha value is -1.45. The summed E-state index contributed by atoms with van der Waals surface area (Å²) in [6.45, 7) is 4.67. The smallest absolute Gasteiger partial charge is 0.128 e. The van der Waals surface area contributed by atoms with Gasteiger partial charge in [0.15, 0.2) is 0 Å². The molecule has 2 aromatic rings. The number of fused-ring (bicyclic) bond motifs is 1. The summed E-state index contributed by atoms with van der Waals surface area (Å²) in [5.41, 5.74) is 0.829. The van der Waals surface area contributed by atoms with Crippen molar-refractivity contribution < 1.29 is 4.39 Å². The van der Waals surface area contributed by atoms with Gasteiger partial charge in [-0.3, -0.25) is 4.90 Å². The lowest BCUT2D eigenvalue weighted by Crippen LogP contribution is -2.43. The van der Waals surface area contributed by atoms with Crippen LogP contribution in [-0.4, -0.2) is 31.1 Å². The molecule has 0 atom stereocenters. The van der Waals surface area contributed by atoms with Gasteiger partial charge in [-0.15, -0.1) is 0 Å². The lowest BCUT2D eigenvalue weighted by molar-refractivity contribution is 0.231. The van der Waals surface area contributed by atoms with Crippen molar-refractivity contribution in [3.8, 4) is 0 Å². The number of rotatable bonds is 2. The third-order valence-electron chi connectivity index (χ3n) is 3.57. The third-order valence-corrected chi connectivity index (χ3v) is 3.57. The first kappa shape index (κ1) is 11.6. The summed E-state index contributed by atoms with van der Waals surface area (Å²) in [7, 11) is 0. The Morgan fingerprint density at radius 3 is 2.67 bits per heavy atom. The quantitative estimate of drug-likeness (QED) is 0.872. The molecule has 1 aliphatic rings. The maximum Gasteiger partial charge on any atom is 0.128 e. The number of nitrogens with one attached hydrogen (secondary N) is 1. The summed E-state index contributed by atoms with van der Waals surface area (Å²) in [5.74, 6) is -0.0905. The molecule has 18 heavy (non-hydrogen) atoms. The second-order valence-electron chi connectivity index (χ2n) is 4.77. The minimum absolute atomic E-state index is 0.0905. The highest BCUT2D eigenvalue weighted by atomic mass is 19.1. The van der Waals surface area contributed by atoms with Crippen molar-refractivity contribution in [1.29, 1.82) is 0 Å². The summed E-state index contributed by atoms with van der Waals surface area (Å²) in [4.78, 5) is 2.31. The highest BCUT2D eigenvalue weighted by molar-refractivity contribution is 5.85. The van der Waals surface area contributed by atoms with Crippen LogP contribution in [0, 0.1) is 5.82 Å². The standard InChI is InChI=1S/C15H17FN2/c16-15-6-5-12-3-1-2-4-13(12)14(15)11-18-9-7-17-8-10-18/h1-6,17H,7-11H2. The lowest BCUT2D eigenvalue weighted by Gasteiger charge is -2.27. The molecule has 0 bridgehead atoms. The van der Waals surface area contributed by atoms with Crippen molar-refractivity contribution >= 4 is 10.8 Å². The molecule has 1 fully saturated rings. The second kappa shape index (κ2) is 5.04. The topological polar surface area (TPSA) is 15.3 Å². The highest BCUT2D eigenvalue weighted by Gasteiger charge is 2.14. The number of hydrogen-bond acceptors (Lipinski definition) is 2. The van der Waals surface area contributed by atoms with E-state index in [0.29, 0.717) is 6.54 Å². The van der Waals surface area contributed by atoms with Crippen LogP contribution in [0.1, 0.15) is 5.56 Å². The summed E-state index contributed by atoms with van der Waals surface area (Å²) in [5, 5.41) is 5.47. The Morgan fingerprint density at radius 1 is 1.06 bits per heavy atom. The molecule has 1 aliphatic heterocycles. The van der Waals surface area contributed by atoms with Crippen LogP contribution in [0.3, 0.4) is 0 Å². The van der Waals surface area contributed by atoms with Crippen molar-refractivity contribution in [3.63, 3.8) is 0 Å². The van der Waals surface area contributed by atoms with Crippen molar-refractivity contribution in [2.45, 2.75) is 6.54 Å². The first-order valence-corrected chi connectivity index (χ1v) is 6.44. The Bertz CT molecular complexity index is 547. The van der Waals surface area contributed by atoms with E-state index in [1.807, 2.05) is 30.3 Å². The van der Waals surface area contributed by atoms with E-state index in [-0.39, 0.29) is 5.82 Å². The van der Waals surface area contributed by atoms with E-state index < -0.39 is 0 Å². The van der Waals surface area contributed by atoms with Gasteiger partial charge in [-0.2, -0.15) is 0 Å². The molecule has 3 rings (SSSR count). The predicted octanol–water partition coefficient (Wildman–Crippen LogP) is 2.38. The van der Waals surface area contributed by atoms with E-state index in [9.17, 15) is 4.39 Å². The lowest BCUT2D eigenvalue weighted by atomic mass is 10.0. The third kappa shape index (κ3) is 2.24. The highest BCUT2D eigenvalue weighted by Crippen LogP contribution is 2.23. The van der Waals surface area contributed by atoms with Crippen LogP contribution >= 0.6 is 0 Å². The van der Waals surface area contributed by atoms with Crippen LogP contribution < -0.4 is 5.32 Å². The molecule has 0 aromatic heterocycles. The van der Waals surface area contributed by atoms with E-state index >= 15 is 0 Å². The molecule has 2 nitrogen and oxygen atoms in total. The van der Waals surface area contributed by atoms with Crippen LogP contribution in [-0.2, 0) is 6.54 Å². The van der Waals surface area contributed by atoms with Crippen LogP contribution in [0.5, 0.6) is 0 Å². The van der Waals surface area contributed by atoms with E-state index in [0.717, 1.165) is 42.5 Å². The Kier molecular flexibility index (Phi) is 3.26. The van der Waals surface area contributed by atoms with E-state index in [1.165, 1.54) is 0 Å². The second-order valence-corrected chi connectivity index (χ2v) is 4.77. The molecular weight excluding hydrogens is 227 g/mol. The SMILES string of the molecule is Fc1ccc2ccccc2c1CN1CCNCC1. The molecule has 0 radical (unpaired) electrons. The number of halogens is 1. The fraction of sp³-hybridized carbons (Fsp3) is 0.333. The molecule has 0 spiro atoms. The van der Waals surface area contributed by atoms with Crippen LogP contribution in [0.25, 0.3) is 10.8 Å². The molecule has 2 aromatic carbocycles. The zero-order valence-corrected chi connectivity index (χ0v) is 10.3. The monoisotopic (exact) mass is 244 g/mol. The largest absolute Gasteiger partial charge is 0.314 e. The maximum absolute atomic E-state index is 14.0. The van der Waals surface area contributed by atoms with Gasteiger partial charge in [0.25, 0.3) is 0 Å². The minimum Gasteiger partial charge on any atom is -0.314 e. The van der Waals surface area contributed by atoms with Crippen LogP contribution in [0.4, 0.5) is 4.39 Å². The maximum atomic E-state index is 14.0. The summed E-state index contributed by atoms with van der Waals surface area (Å²) < 4.78 is 14.0. The van der Waals surface area contributed by atoms with Crippen molar-refractivity contribution in [3.05, 3.63) is 47.8 Å². The van der Waals surface area contributed by atoms with Gasteiger partial charge in [-0.25, -0.2) is 4.39 Å². The molecule has 0 amide bonds. The van der Waals surface area contributed by atoms with Gasteiger partial charge >= 0.3 is 0 Å². The number of hydrogen-bond donors (Lipinski definition) is 1. The van der Waals surface area contributed by atoms with E-state index in [1.54, 1.807) is 6.07 Å². The molecular formula is C15H17FN2. The van der Waals surface area contributed by atoms with Gasteiger partial charge in [0.05, 0.1) is 0 Å². The fourth-order valence-electron chi connectivity index (χ4n) is 2.56. The molecule has 1 N–H and O–H groups in total. The van der Waals surface area contributed by atoms with Gasteiger partial charge < -0.3 is 5.32 Å². The number of piperazine rings is 1. The Balaban J connectivity index is 1.96. The number of benzene rings is 2. The molecule has 0 aliphatic carbocycles. The summed E-state index contributed by atoms with van der Waals surface area (Å²) in [6.07, 6.45) is 0. The average Bonchev–Trinajstić information content (AvgIpc) is 2.43. The summed E-state index contributed by atoms with van der Waals surface area (Å²) in [6, 6.07) is 11.5. The van der Waals surface area contributed by atoms with Crippen LogP contribution in [0.2, 0.25) is 0 Å². The molecule has 3 heteroatoms. The van der Waals surface area contributed by atoms with Crippen molar-refractivity contribution in [2.75, 3.05) is 26.2 Å². The normalized spacial score (nSPS) is 17.2. The predicted molar refractivity (Wildman–Crippen MR) is 72.1 cm³/mol. The van der Waals surface area contributed by atoms with Gasteiger partial charge in [0.2, 0.25) is 0 Å². The molecule has 1 saturated heterocycles. The minimum atomic E-state index is -0.0905. The first-order chi connectivity index (χ1) is 8.84. The Morgan fingerprint density at radius 2 is 1.83 bits per heavy atom. The first-order valence-electron chi connectivity index (χ1n) is 6.44. The Labute approximate surface area is 106 Å². The van der Waals surface area contributed by atoms with Gasteiger partial charge in [-0.05, 0) is 16.8 Å². The van der Waals surface area contributed by atoms with Crippen molar-refractivity contribution in [1.82, 2.24) is 10.2 Å². The molecule has 94 valence electrons. The van der Waals surface area contributed by atoms with Gasteiger partial charge in [0.1, 0.15) is 5.82 Å². The average molecular weight is 244 g/mol. The fourth-order valence-corrected chi connectivity index (χ4v) is 2.56. The summed E-state index contributed by atoms with van der Waals surface area (Å²) >= 11 is 0. The van der Waals surface area contributed by atoms with Crippen LogP contribution in [0.15, 0.2) is 36.4 Å². The van der Waals surface area contributed by atoms with E-state index in [2.05, 4.69) is 10.2 Å². The zero-order chi connectivity index (χ0) is 12.4. The van der Waals surface area contributed by atoms with Gasteiger partial charge in [-0.1, -0.05) is 30.3 Å². The number of nitrogens with zero attached hydrogens (tertiary/aromatic N) is 1. The molecule has 1 heterocycles. The molecule has 0 saturated carbocycles.